The minimum absolute atomic E-state index is 1.17. The van der Waals surface area contributed by atoms with Crippen LogP contribution in [0.25, 0.3) is 11.3 Å². The lowest BCUT2D eigenvalue weighted by atomic mass is 9.95. The van der Waals surface area contributed by atoms with Crippen LogP contribution in [0, 0.1) is 0 Å². The molecule has 0 radical (unpaired) electrons. The minimum atomic E-state index is 1.17. The van der Waals surface area contributed by atoms with Crippen molar-refractivity contribution in [3.8, 4) is 11.3 Å². The van der Waals surface area contributed by atoms with Gasteiger partial charge in [-0.05, 0) is 31.2 Å². The highest BCUT2D eigenvalue weighted by Crippen LogP contribution is 2.35. The van der Waals surface area contributed by atoms with Crippen molar-refractivity contribution in [2.45, 2.75) is 25.7 Å². The van der Waals surface area contributed by atoms with E-state index in [9.17, 15) is 0 Å². The van der Waals surface area contributed by atoms with Crippen molar-refractivity contribution >= 4 is 11.3 Å². The van der Waals surface area contributed by atoms with Gasteiger partial charge < -0.3 is 4.98 Å². The Labute approximate surface area is 87.0 Å². The van der Waals surface area contributed by atoms with Crippen LogP contribution >= 0.6 is 11.3 Å². The highest BCUT2D eigenvalue weighted by atomic mass is 32.1. The number of nitrogens with zero attached hydrogens (tertiary/aromatic N) is 1. The van der Waals surface area contributed by atoms with Crippen molar-refractivity contribution in [1.29, 1.82) is 0 Å². The van der Waals surface area contributed by atoms with Crippen molar-refractivity contribution in [3.05, 3.63) is 28.3 Å². The maximum atomic E-state index is 4.08. The Hall–Kier alpha value is -1.09. The monoisotopic (exact) mass is 204 g/mol. The molecule has 2 nitrogen and oxygen atoms in total. The summed E-state index contributed by atoms with van der Waals surface area (Å²) in [5.41, 5.74) is 4.11. The molecule has 0 aliphatic heterocycles. The van der Waals surface area contributed by atoms with Gasteiger partial charge in [-0.1, -0.05) is 0 Å². The number of hydrogen-bond donors (Lipinski definition) is 1. The van der Waals surface area contributed by atoms with E-state index in [1.54, 1.807) is 16.8 Å². The second kappa shape index (κ2) is 3.24. The Bertz CT molecular complexity index is 428. The Morgan fingerprint density at radius 2 is 2.21 bits per heavy atom. The molecule has 1 aliphatic carbocycles. The van der Waals surface area contributed by atoms with Crippen molar-refractivity contribution in [2.24, 2.45) is 0 Å². The first kappa shape index (κ1) is 8.24. The Kier molecular flexibility index (Phi) is 1.91. The van der Waals surface area contributed by atoms with E-state index in [4.69, 9.17) is 0 Å². The number of H-pyrrole nitrogens is 1. The lowest BCUT2D eigenvalue weighted by Gasteiger charge is -2.11. The predicted octanol–water partition coefficient (Wildman–Crippen LogP) is 3.02. The molecule has 2 aromatic rings. The molecule has 3 rings (SSSR count). The van der Waals surface area contributed by atoms with E-state index in [1.807, 2.05) is 17.5 Å². The van der Waals surface area contributed by atoms with Crippen LogP contribution in [0.1, 0.15) is 23.3 Å². The van der Waals surface area contributed by atoms with Crippen molar-refractivity contribution in [2.75, 3.05) is 0 Å². The third-order valence-corrected chi connectivity index (χ3v) is 3.94. The summed E-state index contributed by atoms with van der Waals surface area (Å²) < 4.78 is 0. The highest BCUT2D eigenvalue weighted by molar-refractivity contribution is 7.10. The summed E-state index contributed by atoms with van der Waals surface area (Å²) in [4.78, 5) is 8.85. The fraction of sp³-hybridized carbons (Fsp3) is 0.364. The zero-order chi connectivity index (χ0) is 9.38. The summed E-state index contributed by atoms with van der Waals surface area (Å²) >= 11 is 1.90. The van der Waals surface area contributed by atoms with Gasteiger partial charge in [-0.2, -0.15) is 0 Å². The Morgan fingerprint density at radius 3 is 3.07 bits per heavy atom. The lowest BCUT2D eigenvalue weighted by molar-refractivity contribution is 0.698. The molecule has 0 saturated heterocycles. The van der Waals surface area contributed by atoms with Crippen LogP contribution < -0.4 is 0 Å². The first-order valence-electron chi connectivity index (χ1n) is 5.03. The quantitative estimate of drug-likeness (QED) is 0.760. The van der Waals surface area contributed by atoms with Gasteiger partial charge in [0.25, 0.3) is 0 Å². The standard InChI is InChI=1S/C11H12N2S/c1-2-4-11-8(3-1)9(6-14-11)10-5-12-7-13-10/h5-7H,1-4H2,(H,12,13). The zero-order valence-corrected chi connectivity index (χ0v) is 8.73. The van der Waals surface area contributed by atoms with E-state index in [2.05, 4.69) is 15.3 Å². The van der Waals surface area contributed by atoms with Crippen LogP contribution in [0.15, 0.2) is 17.9 Å². The van der Waals surface area contributed by atoms with E-state index in [0.29, 0.717) is 0 Å². The number of thiophene rings is 1. The van der Waals surface area contributed by atoms with Gasteiger partial charge in [-0.15, -0.1) is 11.3 Å². The van der Waals surface area contributed by atoms with E-state index in [1.165, 1.54) is 36.9 Å². The maximum Gasteiger partial charge on any atom is 0.0924 e. The molecule has 0 aromatic carbocycles. The van der Waals surface area contributed by atoms with E-state index in [-0.39, 0.29) is 0 Å². The average Bonchev–Trinajstić information content (AvgIpc) is 2.85. The average molecular weight is 204 g/mol. The van der Waals surface area contributed by atoms with Crippen LogP contribution in [-0.4, -0.2) is 9.97 Å². The van der Waals surface area contributed by atoms with Gasteiger partial charge in [0, 0.05) is 15.8 Å². The summed E-state index contributed by atoms with van der Waals surface area (Å²) in [6.45, 7) is 0. The molecule has 0 saturated carbocycles. The molecule has 3 heteroatoms. The number of rotatable bonds is 1. The minimum Gasteiger partial charge on any atom is -0.345 e. The second-order valence-corrected chi connectivity index (χ2v) is 4.69. The van der Waals surface area contributed by atoms with E-state index >= 15 is 0 Å². The van der Waals surface area contributed by atoms with Gasteiger partial charge in [0.2, 0.25) is 0 Å². The fourth-order valence-corrected chi connectivity index (χ4v) is 3.27. The van der Waals surface area contributed by atoms with Gasteiger partial charge in [-0.3, -0.25) is 0 Å². The molecule has 72 valence electrons. The largest absolute Gasteiger partial charge is 0.345 e. The number of aryl methyl sites for hydroxylation is 1. The summed E-state index contributed by atoms with van der Waals surface area (Å²) in [6, 6.07) is 0. The number of fused-ring (bicyclic) bond motifs is 1. The fourth-order valence-electron chi connectivity index (χ4n) is 2.12. The first-order valence-corrected chi connectivity index (χ1v) is 5.91. The molecule has 0 atom stereocenters. The number of imidazole rings is 1. The number of aromatic nitrogens is 2. The van der Waals surface area contributed by atoms with Crippen LogP contribution in [0.2, 0.25) is 0 Å². The number of hydrogen-bond acceptors (Lipinski definition) is 2. The van der Waals surface area contributed by atoms with E-state index < -0.39 is 0 Å². The molecule has 14 heavy (non-hydrogen) atoms. The second-order valence-electron chi connectivity index (χ2n) is 3.72. The Balaban J connectivity index is 2.11. The Morgan fingerprint density at radius 1 is 1.29 bits per heavy atom. The topological polar surface area (TPSA) is 28.7 Å². The normalized spacial score (nSPS) is 15.4. The molecule has 0 unspecified atom stereocenters. The molecule has 0 bridgehead atoms. The van der Waals surface area contributed by atoms with Gasteiger partial charge in [0.1, 0.15) is 0 Å². The van der Waals surface area contributed by atoms with Gasteiger partial charge in [-0.25, -0.2) is 4.98 Å². The van der Waals surface area contributed by atoms with Crippen molar-refractivity contribution in [3.63, 3.8) is 0 Å². The predicted molar refractivity (Wildman–Crippen MR) is 58.5 cm³/mol. The number of aromatic amines is 1. The maximum absolute atomic E-state index is 4.08. The third-order valence-electron chi connectivity index (χ3n) is 2.85. The van der Waals surface area contributed by atoms with Gasteiger partial charge >= 0.3 is 0 Å². The third kappa shape index (κ3) is 1.20. The van der Waals surface area contributed by atoms with Gasteiger partial charge in [0.05, 0.1) is 18.2 Å². The lowest BCUT2D eigenvalue weighted by Crippen LogP contribution is -1.99. The van der Waals surface area contributed by atoms with Gasteiger partial charge in [0.15, 0.2) is 0 Å². The molecule has 0 amide bonds. The molecule has 2 aromatic heterocycles. The zero-order valence-electron chi connectivity index (χ0n) is 7.92. The first-order chi connectivity index (χ1) is 6.95. The smallest absolute Gasteiger partial charge is 0.0924 e. The van der Waals surface area contributed by atoms with Crippen molar-refractivity contribution < 1.29 is 0 Å². The van der Waals surface area contributed by atoms with Crippen LogP contribution in [-0.2, 0) is 12.8 Å². The molecular formula is C11H12N2S. The molecule has 0 fully saturated rings. The highest BCUT2D eigenvalue weighted by Gasteiger charge is 2.16. The van der Waals surface area contributed by atoms with Crippen LogP contribution in [0.4, 0.5) is 0 Å². The molecule has 1 N–H and O–H groups in total. The molecular weight excluding hydrogens is 192 g/mol. The van der Waals surface area contributed by atoms with Crippen LogP contribution in [0.3, 0.4) is 0 Å². The SMILES string of the molecule is c1ncc(-c2csc3c2CCCC3)[nH]1. The summed E-state index contributed by atoms with van der Waals surface area (Å²) in [6.07, 6.45) is 8.88. The number of nitrogens with one attached hydrogen (secondary N) is 1. The molecule has 1 aliphatic rings. The van der Waals surface area contributed by atoms with Crippen molar-refractivity contribution in [1.82, 2.24) is 9.97 Å². The summed E-state index contributed by atoms with van der Waals surface area (Å²) in [5, 5.41) is 2.27. The van der Waals surface area contributed by atoms with Crippen LogP contribution in [0.5, 0.6) is 0 Å². The summed E-state index contributed by atoms with van der Waals surface area (Å²) in [5.74, 6) is 0. The molecule has 2 heterocycles. The van der Waals surface area contributed by atoms with E-state index in [0.717, 1.165) is 0 Å². The summed E-state index contributed by atoms with van der Waals surface area (Å²) in [7, 11) is 0. The molecule has 0 spiro atoms.